The van der Waals surface area contributed by atoms with Gasteiger partial charge in [0.05, 0.1) is 10.6 Å². The van der Waals surface area contributed by atoms with Gasteiger partial charge in [0, 0.05) is 17.0 Å². The Hall–Kier alpha value is -2.98. The van der Waals surface area contributed by atoms with Crippen LogP contribution in [0.25, 0.3) is 11.3 Å². The zero-order valence-corrected chi connectivity index (χ0v) is 15.3. The maximum atomic E-state index is 12.6. The molecule has 0 bridgehead atoms. The molecule has 3 heterocycles. The Kier molecular flexibility index (Phi) is 3.62. The summed E-state index contributed by atoms with van der Waals surface area (Å²) in [6, 6.07) is 9.91. The number of anilines is 1. The molecule has 27 heavy (non-hydrogen) atoms. The van der Waals surface area contributed by atoms with Crippen LogP contribution in [0.2, 0.25) is 0 Å². The number of aromatic nitrogens is 1. The third-order valence-electron chi connectivity index (χ3n) is 4.05. The molecule has 0 unspecified atom stereocenters. The van der Waals surface area contributed by atoms with Crippen LogP contribution in [0.5, 0.6) is 23.0 Å². The molecule has 0 saturated carbocycles. The summed E-state index contributed by atoms with van der Waals surface area (Å²) >= 11 is 1.20. The van der Waals surface area contributed by atoms with Crippen molar-refractivity contribution in [3.8, 4) is 34.3 Å². The van der Waals surface area contributed by atoms with Crippen LogP contribution in [0.1, 0.15) is 0 Å². The zero-order valence-electron chi connectivity index (χ0n) is 13.7. The van der Waals surface area contributed by atoms with E-state index in [-0.39, 0.29) is 23.6 Å². The van der Waals surface area contributed by atoms with Gasteiger partial charge in [0.25, 0.3) is 10.0 Å². The third kappa shape index (κ3) is 2.92. The second kappa shape index (κ2) is 6.03. The molecule has 0 spiro atoms. The second-order valence-corrected chi connectivity index (χ2v) is 8.27. The first-order valence-corrected chi connectivity index (χ1v) is 10.2. The number of ether oxygens (including phenoxy) is 4. The van der Waals surface area contributed by atoms with Crippen molar-refractivity contribution in [1.82, 2.24) is 4.98 Å². The van der Waals surface area contributed by atoms with Crippen LogP contribution in [0.3, 0.4) is 0 Å². The Morgan fingerprint density at radius 2 is 1.56 bits per heavy atom. The van der Waals surface area contributed by atoms with Crippen LogP contribution < -0.4 is 23.7 Å². The summed E-state index contributed by atoms with van der Waals surface area (Å²) in [5.74, 6) is 2.24. The molecule has 0 fully saturated rings. The highest BCUT2D eigenvalue weighted by atomic mass is 32.2. The minimum Gasteiger partial charge on any atom is -0.454 e. The van der Waals surface area contributed by atoms with E-state index in [1.807, 2.05) is 12.1 Å². The SMILES string of the molecule is O=S(=O)(Nc1nc(-c2ccc3c(c2)OCO3)cs1)c1ccc2c(c1)OCO2. The van der Waals surface area contributed by atoms with E-state index in [0.29, 0.717) is 28.7 Å². The monoisotopic (exact) mass is 404 g/mol. The zero-order chi connectivity index (χ0) is 18.4. The Bertz CT molecular complexity index is 1140. The average Bonchev–Trinajstić information content (AvgIpc) is 3.40. The highest BCUT2D eigenvalue weighted by Crippen LogP contribution is 2.37. The van der Waals surface area contributed by atoms with Gasteiger partial charge in [0.15, 0.2) is 28.1 Å². The van der Waals surface area contributed by atoms with E-state index in [2.05, 4.69) is 9.71 Å². The lowest BCUT2D eigenvalue weighted by Gasteiger charge is -2.06. The number of benzene rings is 2. The number of fused-ring (bicyclic) bond motifs is 2. The number of thiazole rings is 1. The van der Waals surface area contributed by atoms with Gasteiger partial charge >= 0.3 is 0 Å². The fourth-order valence-electron chi connectivity index (χ4n) is 2.73. The molecule has 1 aromatic heterocycles. The molecule has 0 amide bonds. The molecule has 2 aliphatic rings. The van der Waals surface area contributed by atoms with Gasteiger partial charge in [-0.05, 0) is 30.3 Å². The van der Waals surface area contributed by atoms with Crippen LogP contribution >= 0.6 is 11.3 Å². The molecule has 2 aromatic carbocycles. The fraction of sp³-hybridized carbons (Fsp3) is 0.118. The lowest BCUT2D eigenvalue weighted by atomic mass is 10.1. The van der Waals surface area contributed by atoms with Gasteiger partial charge in [-0.3, -0.25) is 4.72 Å². The molecule has 0 radical (unpaired) electrons. The number of hydrogen-bond acceptors (Lipinski definition) is 8. The standard InChI is InChI=1S/C17H12N2O6S2/c20-27(21,11-2-4-14-16(6-11)25-9-23-14)19-17-18-12(7-26-17)10-1-3-13-15(5-10)24-8-22-13/h1-7H,8-9H2,(H,18,19). The summed E-state index contributed by atoms with van der Waals surface area (Å²) in [6.07, 6.45) is 0. The fourth-order valence-corrected chi connectivity index (χ4v) is 4.71. The van der Waals surface area contributed by atoms with Crippen LogP contribution in [0.15, 0.2) is 46.7 Å². The summed E-state index contributed by atoms with van der Waals surface area (Å²) in [5.41, 5.74) is 1.45. The summed E-state index contributed by atoms with van der Waals surface area (Å²) < 4.78 is 48.8. The lowest BCUT2D eigenvalue weighted by molar-refractivity contribution is 0.173. The van der Waals surface area contributed by atoms with Crippen molar-refractivity contribution in [2.45, 2.75) is 4.90 Å². The number of nitrogens with one attached hydrogen (secondary N) is 1. The molecule has 138 valence electrons. The molecule has 3 aromatic rings. The molecule has 0 aliphatic carbocycles. The van der Waals surface area contributed by atoms with Crippen molar-refractivity contribution < 1.29 is 27.4 Å². The van der Waals surface area contributed by atoms with Crippen LogP contribution in [-0.4, -0.2) is 27.0 Å². The van der Waals surface area contributed by atoms with Crippen LogP contribution in [0.4, 0.5) is 5.13 Å². The Morgan fingerprint density at radius 3 is 2.33 bits per heavy atom. The van der Waals surface area contributed by atoms with E-state index in [4.69, 9.17) is 18.9 Å². The van der Waals surface area contributed by atoms with E-state index >= 15 is 0 Å². The molecule has 8 nitrogen and oxygen atoms in total. The summed E-state index contributed by atoms with van der Waals surface area (Å²) in [4.78, 5) is 4.44. The quantitative estimate of drug-likeness (QED) is 0.714. The van der Waals surface area contributed by atoms with E-state index in [1.54, 1.807) is 17.5 Å². The van der Waals surface area contributed by atoms with E-state index in [9.17, 15) is 8.42 Å². The van der Waals surface area contributed by atoms with Crippen molar-refractivity contribution in [2.75, 3.05) is 18.3 Å². The van der Waals surface area contributed by atoms with Crippen molar-refractivity contribution >= 4 is 26.5 Å². The third-order valence-corrected chi connectivity index (χ3v) is 6.27. The molecule has 1 N–H and O–H groups in total. The number of hydrogen-bond donors (Lipinski definition) is 1. The highest BCUT2D eigenvalue weighted by molar-refractivity contribution is 7.93. The first kappa shape index (κ1) is 16.2. The van der Waals surface area contributed by atoms with E-state index < -0.39 is 10.0 Å². The minimum atomic E-state index is -3.80. The van der Waals surface area contributed by atoms with Gasteiger partial charge in [-0.25, -0.2) is 13.4 Å². The van der Waals surface area contributed by atoms with Crippen LogP contribution in [-0.2, 0) is 10.0 Å². The molecule has 0 atom stereocenters. The molecular weight excluding hydrogens is 392 g/mol. The van der Waals surface area contributed by atoms with Crippen molar-refractivity contribution in [1.29, 1.82) is 0 Å². The smallest absolute Gasteiger partial charge is 0.263 e. The number of sulfonamides is 1. The normalized spacial score (nSPS) is 14.4. The molecule has 2 aliphatic heterocycles. The van der Waals surface area contributed by atoms with Gasteiger partial charge in [-0.1, -0.05) is 0 Å². The summed E-state index contributed by atoms with van der Waals surface area (Å²) in [6.45, 7) is 0.272. The minimum absolute atomic E-state index is 0.0755. The first-order valence-electron chi connectivity index (χ1n) is 7.86. The predicted octanol–water partition coefficient (Wildman–Crippen LogP) is 3.07. The van der Waals surface area contributed by atoms with E-state index in [1.165, 1.54) is 23.5 Å². The Morgan fingerprint density at radius 1 is 0.889 bits per heavy atom. The van der Waals surface area contributed by atoms with Crippen molar-refractivity contribution in [2.24, 2.45) is 0 Å². The number of rotatable bonds is 4. The Balaban J connectivity index is 1.40. The summed E-state index contributed by atoms with van der Waals surface area (Å²) in [5, 5.41) is 2.04. The maximum Gasteiger partial charge on any atom is 0.263 e. The molecule has 5 rings (SSSR count). The van der Waals surface area contributed by atoms with E-state index in [0.717, 1.165) is 5.56 Å². The Labute approximate surface area is 158 Å². The van der Waals surface area contributed by atoms with Gasteiger partial charge < -0.3 is 18.9 Å². The summed E-state index contributed by atoms with van der Waals surface area (Å²) in [7, 11) is -3.80. The van der Waals surface area contributed by atoms with Crippen LogP contribution in [0, 0.1) is 0 Å². The van der Waals surface area contributed by atoms with Gasteiger partial charge in [0.2, 0.25) is 13.6 Å². The molecule has 10 heteroatoms. The molecule has 0 saturated heterocycles. The van der Waals surface area contributed by atoms with Gasteiger partial charge in [0.1, 0.15) is 0 Å². The highest BCUT2D eigenvalue weighted by Gasteiger charge is 2.22. The first-order chi connectivity index (χ1) is 13.1. The largest absolute Gasteiger partial charge is 0.454 e. The average molecular weight is 404 g/mol. The predicted molar refractivity (Wildman–Crippen MR) is 97.0 cm³/mol. The topological polar surface area (TPSA) is 96.0 Å². The second-order valence-electron chi connectivity index (χ2n) is 5.73. The number of nitrogens with zero attached hydrogens (tertiary/aromatic N) is 1. The van der Waals surface area contributed by atoms with Gasteiger partial charge in [-0.15, -0.1) is 11.3 Å². The van der Waals surface area contributed by atoms with Gasteiger partial charge in [-0.2, -0.15) is 0 Å². The lowest BCUT2D eigenvalue weighted by Crippen LogP contribution is -2.12. The van der Waals surface area contributed by atoms with Crippen molar-refractivity contribution in [3.63, 3.8) is 0 Å². The maximum absolute atomic E-state index is 12.6. The molecular formula is C17H12N2O6S2. The van der Waals surface area contributed by atoms with Crippen molar-refractivity contribution in [3.05, 3.63) is 41.8 Å².